The summed E-state index contributed by atoms with van der Waals surface area (Å²) in [5.74, 6) is 1.14. The molecule has 0 saturated heterocycles. The van der Waals surface area contributed by atoms with Crippen molar-refractivity contribution in [3.05, 3.63) is 53.9 Å². The van der Waals surface area contributed by atoms with E-state index in [1.807, 2.05) is 24.3 Å². The Morgan fingerprint density at radius 3 is 2.31 bits per heavy atom. The Bertz CT molecular complexity index is 1490. The van der Waals surface area contributed by atoms with Gasteiger partial charge in [-0.05, 0) is 57.5 Å². The molecule has 2 aliphatic rings. The average molecular weight is 531 g/mol. The summed E-state index contributed by atoms with van der Waals surface area (Å²) in [6, 6.07) is 15.4. The van der Waals surface area contributed by atoms with Crippen molar-refractivity contribution in [1.82, 2.24) is 0 Å². The fourth-order valence-electron chi connectivity index (χ4n) is 5.15. The maximum absolute atomic E-state index is 11.7. The Balaban J connectivity index is 1.98. The first-order chi connectivity index (χ1) is 18.8. The first kappa shape index (κ1) is 27.8. The summed E-state index contributed by atoms with van der Waals surface area (Å²) in [6.45, 7) is 9.57. The standard InChI is InChI=1S/C31H38N4O4/c1-6-34(7-2)25-18-24(27(37-4)19-26(25)35(8-3)15-9-10-30(36)38-5)31-22-13-11-20(32)16-28(22)39-29-17-21(33)12-14-23(29)31/h11-14,16-19,32H,6-10,15,33H2,1-5H3. The number of nitrogens with two attached hydrogens (primary N) is 1. The van der Waals surface area contributed by atoms with Crippen LogP contribution in [0.4, 0.5) is 17.1 Å². The van der Waals surface area contributed by atoms with Gasteiger partial charge in [-0.1, -0.05) is 0 Å². The molecule has 4 rings (SSSR count). The molecule has 2 aromatic rings. The molecule has 2 aromatic carbocycles. The van der Waals surface area contributed by atoms with Gasteiger partial charge in [0, 0.05) is 78.6 Å². The van der Waals surface area contributed by atoms with Gasteiger partial charge in [-0.25, -0.2) is 0 Å². The van der Waals surface area contributed by atoms with Crippen LogP contribution >= 0.6 is 0 Å². The molecule has 1 aliphatic heterocycles. The van der Waals surface area contributed by atoms with Crippen molar-refractivity contribution in [2.45, 2.75) is 33.6 Å². The number of hydrogen-bond donors (Lipinski definition) is 2. The van der Waals surface area contributed by atoms with Crippen molar-refractivity contribution < 1.29 is 18.7 Å². The second-order valence-corrected chi connectivity index (χ2v) is 9.42. The maximum Gasteiger partial charge on any atom is 0.305 e. The monoisotopic (exact) mass is 530 g/mol. The Labute approximate surface area is 229 Å². The highest BCUT2D eigenvalue weighted by atomic mass is 16.5. The molecule has 0 spiro atoms. The van der Waals surface area contributed by atoms with Gasteiger partial charge in [0.1, 0.15) is 17.1 Å². The van der Waals surface area contributed by atoms with Crippen LogP contribution in [0.25, 0.3) is 33.4 Å². The van der Waals surface area contributed by atoms with Crippen LogP contribution in [-0.2, 0) is 9.53 Å². The van der Waals surface area contributed by atoms with Gasteiger partial charge in [-0.15, -0.1) is 0 Å². The van der Waals surface area contributed by atoms with Gasteiger partial charge in [-0.3, -0.25) is 4.79 Å². The minimum Gasteiger partial charge on any atom is -0.496 e. The van der Waals surface area contributed by atoms with E-state index in [9.17, 15) is 4.79 Å². The van der Waals surface area contributed by atoms with Gasteiger partial charge in [0.05, 0.1) is 31.0 Å². The molecule has 206 valence electrons. The van der Waals surface area contributed by atoms with E-state index in [4.69, 9.17) is 25.0 Å². The lowest BCUT2D eigenvalue weighted by Crippen LogP contribution is -2.29. The number of ether oxygens (including phenoxy) is 2. The first-order valence-electron chi connectivity index (χ1n) is 13.4. The van der Waals surface area contributed by atoms with E-state index >= 15 is 0 Å². The number of nitrogen functional groups attached to an aromatic ring is 1. The molecular formula is C31H38N4O4. The molecule has 0 atom stereocenters. The summed E-state index contributed by atoms with van der Waals surface area (Å²) in [7, 11) is 3.11. The zero-order chi connectivity index (χ0) is 28.1. The molecule has 8 heteroatoms. The van der Waals surface area contributed by atoms with Crippen molar-refractivity contribution in [2.24, 2.45) is 0 Å². The highest BCUT2D eigenvalue weighted by Gasteiger charge is 2.24. The summed E-state index contributed by atoms with van der Waals surface area (Å²) in [5, 5.41) is 9.45. The fourth-order valence-corrected chi connectivity index (χ4v) is 5.15. The predicted octanol–water partition coefficient (Wildman–Crippen LogP) is 5.90. The number of nitrogens with one attached hydrogen (secondary N) is 1. The Morgan fingerprint density at radius 1 is 0.923 bits per heavy atom. The van der Waals surface area contributed by atoms with Crippen LogP contribution in [0.5, 0.6) is 5.75 Å². The number of methoxy groups -OCH3 is 2. The predicted molar refractivity (Wildman–Crippen MR) is 158 cm³/mol. The summed E-state index contributed by atoms with van der Waals surface area (Å²) < 4.78 is 17.1. The van der Waals surface area contributed by atoms with Crippen LogP contribution in [0.1, 0.15) is 33.6 Å². The molecule has 0 bridgehead atoms. The van der Waals surface area contributed by atoms with E-state index in [2.05, 4.69) is 42.7 Å². The molecule has 0 saturated carbocycles. The van der Waals surface area contributed by atoms with Crippen LogP contribution in [0.3, 0.4) is 0 Å². The third-order valence-electron chi connectivity index (χ3n) is 7.18. The molecular weight excluding hydrogens is 492 g/mol. The molecule has 3 N–H and O–H groups in total. The molecule has 0 fully saturated rings. The Morgan fingerprint density at radius 2 is 1.64 bits per heavy atom. The average Bonchev–Trinajstić information content (AvgIpc) is 2.94. The number of benzene rings is 3. The number of rotatable bonds is 11. The summed E-state index contributed by atoms with van der Waals surface area (Å²) in [5.41, 5.74) is 12.3. The number of carbonyl (C=O) groups is 1. The minimum absolute atomic E-state index is 0.201. The summed E-state index contributed by atoms with van der Waals surface area (Å²) >= 11 is 0. The number of fused-ring (bicyclic) bond motifs is 2. The van der Waals surface area contributed by atoms with Crippen LogP contribution in [0.15, 0.2) is 52.9 Å². The lowest BCUT2D eigenvalue weighted by molar-refractivity contribution is -0.140. The highest BCUT2D eigenvalue weighted by molar-refractivity contribution is 6.05. The zero-order valence-electron chi connectivity index (χ0n) is 23.5. The van der Waals surface area contributed by atoms with Crippen molar-refractivity contribution >= 4 is 34.0 Å². The normalized spacial score (nSPS) is 11.1. The largest absolute Gasteiger partial charge is 0.496 e. The molecule has 0 unspecified atom stereocenters. The molecule has 0 radical (unpaired) electrons. The molecule has 0 aromatic heterocycles. The second-order valence-electron chi connectivity index (χ2n) is 9.42. The third kappa shape index (κ3) is 5.65. The van der Waals surface area contributed by atoms with E-state index in [0.717, 1.165) is 58.8 Å². The van der Waals surface area contributed by atoms with Gasteiger partial charge in [0.15, 0.2) is 0 Å². The number of hydrogen-bond acceptors (Lipinski definition) is 8. The van der Waals surface area contributed by atoms with Crippen LogP contribution in [0, 0.1) is 5.41 Å². The minimum atomic E-state index is -0.201. The van der Waals surface area contributed by atoms with Gasteiger partial charge in [0.25, 0.3) is 0 Å². The van der Waals surface area contributed by atoms with E-state index in [-0.39, 0.29) is 5.97 Å². The molecule has 1 aliphatic carbocycles. The van der Waals surface area contributed by atoms with Crippen LogP contribution < -0.4 is 25.6 Å². The van der Waals surface area contributed by atoms with E-state index in [1.165, 1.54) is 7.11 Å². The second kappa shape index (κ2) is 12.1. The molecule has 0 amide bonds. The topological polar surface area (TPSA) is 105 Å². The highest BCUT2D eigenvalue weighted by Crippen LogP contribution is 2.47. The Hall–Kier alpha value is -4.20. The van der Waals surface area contributed by atoms with Crippen molar-refractivity contribution in [1.29, 1.82) is 5.41 Å². The molecule has 8 nitrogen and oxygen atoms in total. The van der Waals surface area contributed by atoms with Crippen molar-refractivity contribution in [3.8, 4) is 28.2 Å². The lowest BCUT2D eigenvalue weighted by Gasteiger charge is -2.32. The number of nitrogens with zero attached hydrogens (tertiary/aromatic N) is 2. The van der Waals surface area contributed by atoms with Crippen LogP contribution in [-0.4, -0.2) is 46.4 Å². The van der Waals surface area contributed by atoms with Gasteiger partial charge in [-0.2, -0.15) is 0 Å². The number of carbonyl (C=O) groups excluding carboxylic acids is 1. The maximum atomic E-state index is 11.7. The first-order valence-corrected chi connectivity index (χ1v) is 13.4. The summed E-state index contributed by atoms with van der Waals surface area (Å²) in [4.78, 5) is 16.4. The molecule has 1 heterocycles. The van der Waals surface area contributed by atoms with E-state index in [1.54, 1.807) is 19.2 Å². The number of anilines is 3. The van der Waals surface area contributed by atoms with E-state index < -0.39 is 0 Å². The van der Waals surface area contributed by atoms with Gasteiger partial charge >= 0.3 is 5.97 Å². The van der Waals surface area contributed by atoms with Gasteiger partial charge < -0.3 is 34.8 Å². The quantitative estimate of drug-likeness (QED) is 0.141. The van der Waals surface area contributed by atoms with Gasteiger partial charge in [0.2, 0.25) is 0 Å². The third-order valence-corrected chi connectivity index (χ3v) is 7.18. The van der Waals surface area contributed by atoms with Crippen molar-refractivity contribution in [3.63, 3.8) is 0 Å². The van der Waals surface area contributed by atoms with Crippen molar-refractivity contribution in [2.75, 3.05) is 55.9 Å². The molecule has 39 heavy (non-hydrogen) atoms. The van der Waals surface area contributed by atoms with Crippen LogP contribution in [0.2, 0.25) is 0 Å². The Kier molecular flexibility index (Phi) is 8.64. The summed E-state index contributed by atoms with van der Waals surface area (Å²) in [6.07, 6.45) is 1.06. The van der Waals surface area contributed by atoms with E-state index in [0.29, 0.717) is 41.8 Å². The number of esters is 1. The smallest absolute Gasteiger partial charge is 0.305 e. The lowest BCUT2D eigenvalue weighted by atomic mass is 9.92. The fraction of sp³-hybridized carbons (Fsp3) is 0.355. The zero-order valence-corrected chi connectivity index (χ0v) is 23.5. The SMILES string of the molecule is CCN(CC)c1cc(-c2c3ccc(=N)cc-3oc3cc(N)ccc23)c(OC)cc1N(CC)CCCC(=O)OC.